The third kappa shape index (κ3) is 1.99. The molecule has 1 heterocycles. The Balaban J connectivity index is 2.01. The Morgan fingerprint density at radius 2 is 2.11 bits per heavy atom. The van der Waals surface area contributed by atoms with E-state index in [4.69, 9.17) is 5.73 Å². The quantitative estimate of drug-likeness (QED) is 0.658. The Hall–Kier alpha value is -2.56. The van der Waals surface area contributed by atoms with E-state index in [1.807, 2.05) is 31.2 Å². The molecule has 0 radical (unpaired) electrons. The van der Waals surface area contributed by atoms with Gasteiger partial charge in [-0.3, -0.25) is 5.10 Å². The lowest BCUT2D eigenvalue weighted by atomic mass is 10.1. The molecule has 0 atom stereocenters. The number of nitrogens with one attached hydrogen (secondary N) is 2. The summed E-state index contributed by atoms with van der Waals surface area (Å²) in [6, 6.07) is 10.5. The number of hydrogen-bond donors (Lipinski definition) is 3. The van der Waals surface area contributed by atoms with Crippen molar-refractivity contribution < 1.29 is 4.39 Å². The van der Waals surface area contributed by atoms with Gasteiger partial charge in [-0.2, -0.15) is 5.10 Å². The number of nitrogens with two attached hydrogens (primary N) is 1. The second-order valence-corrected chi connectivity index (χ2v) is 4.43. The van der Waals surface area contributed by atoms with Gasteiger partial charge in [-0.25, -0.2) is 4.39 Å². The fourth-order valence-electron chi connectivity index (χ4n) is 2.05. The average Bonchev–Trinajstić information content (AvgIpc) is 2.76. The summed E-state index contributed by atoms with van der Waals surface area (Å²) < 4.78 is 13.8. The predicted octanol–water partition coefficient (Wildman–Crippen LogP) is 3.34. The molecule has 0 aliphatic heterocycles. The van der Waals surface area contributed by atoms with Crippen LogP contribution in [0.2, 0.25) is 0 Å². The van der Waals surface area contributed by atoms with Crippen LogP contribution in [0.5, 0.6) is 0 Å². The minimum Gasteiger partial charge on any atom is -0.382 e. The number of fused-ring (bicyclic) bond motifs is 1. The molecule has 0 spiro atoms. The standard InChI is InChI=1S/C14H13FN4/c1-8-3-2-4-11(15)13(8)17-9-5-6-10-12(7-9)18-19-14(10)16/h2-7,17H,1H3,(H3,16,18,19). The Morgan fingerprint density at radius 3 is 2.89 bits per heavy atom. The van der Waals surface area contributed by atoms with Gasteiger partial charge in [-0.1, -0.05) is 12.1 Å². The number of halogens is 1. The molecule has 0 saturated carbocycles. The summed E-state index contributed by atoms with van der Waals surface area (Å²) in [6.07, 6.45) is 0. The zero-order valence-corrected chi connectivity index (χ0v) is 10.4. The maximum atomic E-state index is 13.8. The van der Waals surface area contributed by atoms with Crippen molar-refractivity contribution in [1.82, 2.24) is 10.2 Å². The summed E-state index contributed by atoms with van der Waals surface area (Å²) in [5.74, 6) is 0.188. The number of H-pyrrole nitrogens is 1. The second kappa shape index (κ2) is 4.28. The van der Waals surface area contributed by atoms with Crippen molar-refractivity contribution in [3.63, 3.8) is 0 Å². The van der Waals surface area contributed by atoms with Gasteiger partial charge in [0.05, 0.1) is 11.2 Å². The summed E-state index contributed by atoms with van der Waals surface area (Å²) in [7, 11) is 0. The maximum absolute atomic E-state index is 13.8. The molecule has 0 saturated heterocycles. The molecule has 1 aromatic heterocycles. The molecule has 0 aliphatic rings. The lowest BCUT2D eigenvalue weighted by molar-refractivity contribution is 0.631. The van der Waals surface area contributed by atoms with Gasteiger partial charge in [0.15, 0.2) is 5.82 Å². The SMILES string of the molecule is Cc1cccc(F)c1Nc1ccc2c(N)n[nH]c2c1. The number of benzene rings is 2. The predicted molar refractivity (Wildman–Crippen MR) is 74.9 cm³/mol. The van der Waals surface area contributed by atoms with Crippen molar-refractivity contribution in [1.29, 1.82) is 0 Å². The first-order valence-electron chi connectivity index (χ1n) is 5.91. The van der Waals surface area contributed by atoms with Crippen LogP contribution in [0.25, 0.3) is 10.9 Å². The Morgan fingerprint density at radius 1 is 1.26 bits per heavy atom. The highest BCUT2D eigenvalue weighted by molar-refractivity contribution is 5.91. The van der Waals surface area contributed by atoms with Crippen LogP contribution < -0.4 is 11.1 Å². The minimum absolute atomic E-state index is 0.274. The highest BCUT2D eigenvalue weighted by atomic mass is 19.1. The van der Waals surface area contributed by atoms with Gasteiger partial charge in [0.2, 0.25) is 0 Å². The first-order valence-corrected chi connectivity index (χ1v) is 5.91. The number of nitrogens with zero attached hydrogens (tertiary/aromatic N) is 1. The molecular weight excluding hydrogens is 243 g/mol. The molecule has 0 bridgehead atoms. The van der Waals surface area contributed by atoms with E-state index in [0.29, 0.717) is 11.5 Å². The molecule has 3 aromatic rings. The van der Waals surface area contributed by atoms with Crippen molar-refractivity contribution in [2.24, 2.45) is 0 Å². The summed E-state index contributed by atoms with van der Waals surface area (Å²) in [4.78, 5) is 0. The van der Waals surface area contributed by atoms with Crippen molar-refractivity contribution in [3.8, 4) is 0 Å². The molecule has 19 heavy (non-hydrogen) atoms. The fraction of sp³-hybridized carbons (Fsp3) is 0.0714. The van der Waals surface area contributed by atoms with Crippen LogP contribution in [0.4, 0.5) is 21.6 Å². The number of aryl methyl sites for hydroxylation is 1. The summed E-state index contributed by atoms with van der Waals surface area (Å²) in [5.41, 5.74) is 8.63. The fourth-order valence-corrected chi connectivity index (χ4v) is 2.05. The van der Waals surface area contributed by atoms with Crippen LogP contribution in [-0.4, -0.2) is 10.2 Å². The number of nitrogen functional groups attached to an aromatic ring is 1. The molecule has 0 aliphatic carbocycles. The van der Waals surface area contributed by atoms with Crippen molar-refractivity contribution in [2.75, 3.05) is 11.1 Å². The average molecular weight is 256 g/mol. The molecule has 96 valence electrons. The van der Waals surface area contributed by atoms with E-state index in [-0.39, 0.29) is 5.82 Å². The normalized spacial score (nSPS) is 10.8. The molecular formula is C14H13FN4. The van der Waals surface area contributed by atoms with Gasteiger partial charge in [0.25, 0.3) is 0 Å². The number of hydrogen-bond acceptors (Lipinski definition) is 3. The van der Waals surface area contributed by atoms with Gasteiger partial charge < -0.3 is 11.1 Å². The Labute approximate surface area is 109 Å². The van der Waals surface area contributed by atoms with E-state index in [1.165, 1.54) is 6.07 Å². The highest BCUT2D eigenvalue weighted by Gasteiger charge is 2.07. The first kappa shape index (κ1) is 11.5. The van der Waals surface area contributed by atoms with Gasteiger partial charge >= 0.3 is 0 Å². The molecule has 0 amide bonds. The maximum Gasteiger partial charge on any atom is 0.153 e. The van der Waals surface area contributed by atoms with E-state index in [9.17, 15) is 4.39 Å². The van der Waals surface area contributed by atoms with E-state index in [1.54, 1.807) is 6.07 Å². The van der Waals surface area contributed by atoms with Crippen molar-refractivity contribution in [3.05, 3.63) is 47.8 Å². The minimum atomic E-state index is -0.274. The monoisotopic (exact) mass is 256 g/mol. The van der Waals surface area contributed by atoms with E-state index in [0.717, 1.165) is 22.2 Å². The van der Waals surface area contributed by atoms with Gasteiger partial charge in [0.1, 0.15) is 5.82 Å². The highest BCUT2D eigenvalue weighted by Crippen LogP contribution is 2.27. The van der Waals surface area contributed by atoms with Crippen LogP contribution in [0.1, 0.15) is 5.56 Å². The molecule has 4 N–H and O–H groups in total. The van der Waals surface area contributed by atoms with E-state index in [2.05, 4.69) is 15.5 Å². The van der Waals surface area contributed by atoms with E-state index < -0.39 is 0 Å². The zero-order chi connectivity index (χ0) is 13.4. The number of aromatic nitrogens is 2. The van der Waals surface area contributed by atoms with Gasteiger partial charge in [-0.05, 0) is 36.8 Å². The lowest BCUT2D eigenvalue weighted by Gasteiger charge is -2.10. The van der Waals surface area contributed by atoms with Crippen LogP contribution in [-0.2, 0) is 0 Å². The third-order valence-corrected chi connectivity index (χ3v) is 3.08. The largest absolute Gasteiger partial charge is 0.382 e. The van der Waals surface area contributed by atoms with Gasteiger partial charge in [-0.15, -0.1) is 0 Å². The molecule has 4 nitrogen and oxygen atoms in total. The number of anilines is 3. The number of para-hydroxylation sites is 1. The number of aromatic amines is 1. The zero-order valence-electron chi connectivity index (χ0n) is 10.4. The Bertz CT molecular complexity index is 728. The third-order valence-electron chi connectivity index (χ3n) is 3.08. The first-order chi connectivity index (χ1) is 9.15. The van der Waals surface area contributed by atoms with Crippen LogP contribution in [0.3, 0.4) is 0 Å². The van der Waals surface area contributed by atoms with Gasteiger partial charge in [0, 0.05) is 11.1 Å². The van der Waals surface area contributed by atoms with Crippen LogP contribution >= 0.6 is 0 Å². The molecule has 5 heteroatoms. The summed E-state index contributed by atoms with van der Waals surface area (Å²) >= 11 is 0. The molecule has 0 fully saturated rings. The van der Waals surface area contributed by atoms with Crippen LogP contribution in [0, 0.1) is 12.7 Å². The Kier molecular flexibility index (Phi) is 2.59. The lowest BCUT2D eigenvalue weighted by Crippen LogP contribution is -1.96. The van der Waals surface area contributed by atoms with Crippen LogP contribution in [0.15, 0.2) is 36.4 Å². The molecule has 2 aromatic carbocycles. The topological polar surface area (TPSA) is 66.7 Å². The molecule has 3 rings (SSSR count). The van der Waals surface area contributed by atoms with Crippen molar-refractivity contribution >= 4 is 28.1 Å². The van der Waals surface area contributed by atoms with E-state index >= 15 is 0 Å². The smallest absolute Gasteiger partial charge is 0.153 e. The summed E-state index contributed by atoms with van der Waals surface area (Å²) in [5, 5.41) is 10.7. The number of rotatable bonds is 2. The summed E-state index contributed by atoms with van der Waals surface area (Å²) in [6.45, 7) is 1.86. The van der Waals surface area contributed by atoms with Crippen molar-refractivity contribution in [2.45, 2.75) is 6.92 Å². The molecule has 0 unspecified atom stereocenters. The second-order valence-electron chi connectivity index (χ2n) is 4.43.